The number of likely N-dealkylation sites (tertiary alicyclic amines) is 1. The van der Waals surface area contributed by atoms with Crippen molar-refractivity contribution in [1.29, 1.82) is 0 Å². The lowest BCUT2D eigenvalue weighted by atomic mass is 9.91. The van der Waals surface area contributed by atoms with E-state index in [-0.39, 0.29) is 17.8 Å². The van der Waals surface area contributed by atoms with Crippen molar-refractivity contribution in [3.8, 4) is 0 Å². The molecule has 3 nitrogen and oxygen atoms in total. The van der Waals surface area contributed by atoms with E-state index < -0.39 is 17.8 Å². The molecular weight excluding hydrogens is 281 g/mol. The molecule has 116 valence electrons. The van der Waals surface area contributed by atoms with E-state index in [2.05, 4.69) is 4.98 Å². The Bertz CT molecular complexity index is 512. The number of pyridine rings is 1. The smallest absolute Gasteiger partial charge is 0.391 e. The molecule has 1 aromatic rings. The van der Waals surface area contributed by atoms with E-state index in [1.165, 1.54) is 12.3 Å². The molecule has 6 heteroatoms. The van der Waals surface area contributed by atoms with Gasteiger partial charge in [0.25, 0.3) is 0 Å². The average Bonchev–Trinajstić information content (AvgIpc) is 3.02. The van der Waals surface area contributed by atoms with Gasteiger partial charge in [-0.25, -0.2) is 0 Å². The summed E-state index contributed by atoms with van der Waals surface area (Å²) >= 11 is 0. The first-order chi connectivity index (χ1) is 9.93. The zero-order valence-corrected chi connectivity index (χ0v) is 11.7. The monoisotopic (exact) mass is 300 g/mol. The molecule has 1 N–H and O–H groups in total. The van der Waals surface area contributed by atoms with Crippen molar-refractivity contribution in [2.24, 2.45) is 0 Å². The van der Waals surface area contributed by atoms with E-state index in [0.717, 1.165) is 31.7 Å². The molecule has 2 fully saturated rings. The van der Waals surface area contributed by atoms with Gasteiger partial charge in [0.2, 0.25) is 0 Å². The minimum atomic E-state index is -4.38. The van der Waals surface area contributed by atoms with Crippen LogP contribution in [0.4, 0.5) is 13.2 Å². The molecule has 1 saturated heterocycles. The van der Waals surface area contributed by atoms with Crippen LogP contribution in [0.5, 0.6) is 0 Å². The quantitative estimate of drug-likeness (QED) is 0.912. The largest absolute Gasteiger partial charge is 0.418 e. The first-order valence-electron chi connectivity index (χ1n) is 7.38. The summed E-state index contributed by atoms with van der Waals surface area (Å²) in [4.78, 5) is 5.96. The molecule has 2 aliphatic rings. The summed E-state index contributed by atoms with van der Waals surface area (Å²) in [7, 11) is 0. The van der Waals surface area contributed by atoms with Gasteiger partial charge in [0.15, 0.2) is 0 Å². The molecule has 3 rings (SSSR count). The van der Waals surface area contributed by atoms with E-state index >= 15 is 0 Å². The molecule has 1 aromatic heterocycles. The highest BCUT2D eigenvalue weighted by Crippen LogP contribution is 2.44. The summed E-state index contributed by atoms with van der Waals surface area (Å²) in [6.07, 6.45) is 1.00. The van der Waals surface area contributed by atoms with Crippen molar-refractivity contribution in [2.45, 2.75) is 56.5 Å². The normalized spacial score (nSPS) is 25.8. The molecular formula is C15H19F3N2O. The SMILES string of the molecule is OC1CCN(Cc2ncccc2C(F)(F)F)C12CCCC2. The second-order valence-electron chi connectivity index (χ2n) is 6.03. The lowest BCUT2D eigenvalue weighted by Crippen LogP contribution is -2.47. The molecule has 1 unspecified atom stereocenters. The summed E-state index contributed by atoms with van der Waals surface area (Å²) in [6.45, 7) is 0.793. The first-order valence-corrected chi connectivity index (χ1v) is 7.38. The maximum Gasteiger partial charge on any atom is 0.418 e. The van der Waals surface area contributed by atoms with E-state index in [1.807, 2.05) is 4.90 Å². The predicted molar refractivity (Wildman–Crippen MR) is 71.5 cm³/mol. The molecule has 1 aliphatic carbocycles. The van der Waals surface area contributed by atoms with Gasteiger partial charge < -0.3 is 5.11 Å². The van der Waals surface area contributed by atoms with Gasteiger partial charge in [-0.15, -0.1) is 0 Å². The topological polar surface area (TPSA) is 36.4 Å². The molecule has 0 amide bonds. The standard InChI is InChI=1S/C15H19F3N2O/c16-15(17,18)11-4-3-8-19-12(11)10-20-9-5-13(21)14(20)6-1-2-7-14/h3-4,8,13,21H,1-2,5-7,9-10H2. The fourth-order valence-electron chi connectivity index (χ4n) is 3.86. The number of hydrogen-bond donors (Lipinski definition) is 1. The van der Waals surface area contributed by atoms with Crippen molar-refractivity contribution in [3.63, 3.8) is 0 Å². The predicted octanol–water partition coefficient (Wildman–Crippen LogP) is 2.98. The number of halogens is 3. The van der Waals surface area contributed by atoms with Crippen LogP contribution < -0.4 is 0 Å². The van der Waals surface area contributed by atoms with Crippen molar-refractivity contribution in [2.75, 3.05) is 6.54 Å². The Labute approximate surface area is 121 Å². The van der Waals surface area contributed by atoms with Gasteiger partial charge in [0.1, 0.15) is 0 Å². The lowest BCUT2D eigenvalue weighted by Gasteiger charge is -2.37. The second kappa shape index (κ2) is 5.25. The van der Waals surface area contributed by atoms with Crippen molar-refractivity contribution >= 4 is 0 Å². The Kier molecular flexibility index (Phi) is 3.69. The molecule has 0 radical (unpaired) electrons. The van der Waals surface area contributed by atoms with E-state index in [1.54, 1.807) is 0 Å². The number of nitrogens with zero attached hydrogens (tertiary/aromatic N) is 2. The Balaban J connectivity index is 1.87. The minimum Gasteiger partial charge on any atom is -0.391 e. The zero-order chi connectivity index (χ0) is 15.1. The Hall–Kier alpha value is -1.14. The average molecular weight is 300 g/mol. The number of rotatable bonds is 2. The fourth-order valence-corrected chi connectivity index (χ4v) is 3.86. The third kappa shape index (κ3) is 2.55. The fraction of sp³-hybridized carbons (Fsp3) is 0.667. The highest BCUT2D eigenvalue weighted by molar-refractivity contribution is 5.24. The van der Waals surface area contributed by atoms with Gasteiger partial charge in [-0.3, -0.25) is 9.88 Å². The zero-order valence-electron chi connectivity index (χ0n) is 11.7. The summed E-state index contributed by atoms with van der Waals surface area (Å²) in [5.74, 6) is 0. The molecule has 21 heavy (non-hydrogen) atoms. The second-order valence-corrected chi connectivity index (χ2v) is 6.03. The van der Waals surface area contributed by atoms with Gasteiger partial charge in [0, 0.05) is 24.8 Å². The highest BCUT2D eigenvalue weighted by Gasteiger charge is 2.50. The maximum absolute atomic E-state index is 13.1. The minimum absolute atomic E-state index is 0.0605. The van der Waals surface area contributed by atoms with Crippen molar-refractivity contribution in [1.82, 2.24) is 9.88 Å². The summed E-state index contributed by atoms with van der Waals surface area (Å²) in [5, 5.41) is 10.3. The molecule has 2 heterocycles. The van der Waals surface area contributed by atoms with Crippen LogP contribution >= 0.6 is 0 Å². The Morgan fingerprint density at radius 2 is 2.05 bits per heavy atom. The van der Waals surface area contributed by atoms with Crippen LogP contribution in [0.3, 0.4) is 0 Å². The van der Waals surface area contributed by atoms with Crippen LogP contribution in [-0.4, -0.2) is 33.2 Å². The molecule has 1 aliphatic heterocycles. The van der Waals surface area contributed by atoms with Crippen LogP contribution in [0.2, 0.25) is 0 Å². The van der Waals surface area contributed by atoms with Crippen LogP contribution in [0.1, 0.15) is 43.4 Å². The van der Waals surface area contributed by atoms with Gasteiger partial charge >= 0.3 is 6.18 Å². The van der Waals surface area contributed by atoms with Crippen molar-refractivity contribution < 1.29 is 18.3 Å². The van der Waals surface area contributed by atoms with Crippen molar-refractivity contribution in [3.05, 3.63) is 29.6 Å². The third-order valence-electron chi connectivity index (χ3n) is 4.93. The van der Waals surface area contributed by atoms with E-state index in [9.17, 15) is 18.3 Å². The molecule has 1 spiro atoms. The van der Waals surface area contributed by atoms with Gasteiger partial charge in [-0.05, 0) is 31.4 Å². The van der Waals surface area contributed by atoms with Gasteiger partial charge in [-0.2, -0.15) is 13.2 Å². The highest BCUT2D eigenvalue weighted by atomic mass is 19.4. The molecule has 0 aromatic carbocycles. The van der Waals surface area contributed by atoms with Gasteiger partial charge in [-0.1, -0.05) is 12.8 Å². The maximum atomic E-state index is 13.1. The van der Waals surface area contributed by atoms with Crippen LogP contribution in [0.15, 0.2) is 18.3 Å². The summed E-state index contributed by atoms with van der Waals surface area (Å²) in [5.41, 5.74) is -0.940. The molecule has 1 atom stereocenters. The first kappa shape index (κ1) is 14.8. The van der Waals surface area contributed by atoms with Crippen LogP contribution in [0, 0.1) is 0 Å². The number of aromatic nitrogens is 1. The Morgan fingerprint density at radius 1 is 1.33 bits per heavy atom. The number of alkyl halides is 3. The number of aliphatic hydroxyl groups excluding tert-OH is 1. The summed E-state index contributed by atoms with van der Waals surface area (Å²) in [6, 6.07) is 2.40. The van der Waals surface area contributed by atoms with Crippen LogP contribution in [0.25, 0.3) is 0 Å². The summed E-state index contributed by atoms with van der Waals surface area (Å²) < 4.78 is 39.2. The molecule has 1 saturated carbocycles. The van der Waals surface area contributed by atoms with Crippen LogP contribution in [-0.2, 0) is 12.7 Å². The number of aliphatic hydroxyl groups is 1. The molecule has 0 bridgehead atoms. The van der Waals surface area contributed by atoms with E-state index in [0.29, 0.717) is 13.0 Å². The Morgan fingerprint density at radius 3 is 2.71 bits per heavy atom. The third-order valence-corrected chi connectivity index (χ3v) is 4.93. The van der Waals surface area contributed by atoms with E-state index in [4.69, 9.17) is 0 Å². The van der Waals surface area contributed by atoms with Gasteiger partial charge in [0.05, 0.1) is 17.4 Å². The lowest BCUT2D eigenvalue weighted by molar-refractivity contribution is -0.139. The number of hydrogen-bond acceptors (Lipinski definition) is 3.